The maximum absolute atomic E-state index is 14.0. The molecule has 10 heteroatoms. The number of aryl methyl sites for hydroxylation is 4. The number of aliphatic hydroxyl groups excluding tert-OH is 1. The summed E-state index contributed by atoms with van der Waals surface area (Å²) in [6.07, 6.45) is 5.26. The number of rotatable bonds is 11. The molecular formula is C28H27F4N3O3. The van der Waals surface area contributed by atoms with Crippen molar-refractivity contribution in [2.75, 3.05) is 6.61 Å². The third-order valence-electron chi connectivity index (χ3n) is 5.96. The van der Waals surface area contributed by atoms with Crippen LogP contribution in [0.2, 0.25) is 0 Å². The van der Waals surface area contributed by atoms with Gasteiger partial charge in [0.2, 0.25) is 5.89 Å². The molecule has 0 radical (unpaired) electrons. The lowest BCUT2D eigenvalue weighted by molar-refractivity contribution is -0.137. The molecule has 0 atom stereocenters. The van der Waals surface area contributed by atoms with Crippen LogP contribution in [0.3, 0.4) is 0 Å². The van der Waals surface area contributed by atoms with E-state index in [0.29, 0.717) is 37.2 Å². The molecule has 6 nitrogen and oxygen atoms in total. The fourth-order valence-electron chi connectivity index (χ4n) is 3.93. The van der Waals surface area contributed by atoms with Gasteiger partial charge in [-0.3, -0.25) is 0 Å². The molecule has 4 rings (SSSR count). The Morgan fingerprint density at radius 1 is 1.11 bits per heavy atom. The van der Waals surface area contributed by atoms with Gasteiger partial charge in [0.1, 0.15) is 30.3 Å². The summed E-state index contributed by atoms with van der Waals surface area (Å²) in [7, 11) is 0. The smallest absolute Gasteiger partial charge is 0.416 e. The summed E-state index contributed by atoms with van der Waals surface area (Å²) in [5.74, 6) is 0.709. The SMILES string of the molecule is Cc1cc(CCc2coc(/C=C/c3ccc(C(F)(F)F)cc3F)n2)ccc1OCCCn1ccnc1CO. The van der Waals surface area contributed by atoms with Crippen LogP contribution < -0.4 is 4.74 Å². The summed E-state index contributed by atoms with van der Waals surface area (Å²) in [5.41, 5.74) is 1.80. The summed E-state index contributed by atoms with van der Waals surface area (Å²) in [6, 6.07) is 8.36. The molecule has 0 aliphatic heterocycles. The molecule has 2 aromatic heterocycles. The van der Waals surface area contributed by atoms with E-state index in [4.69, 9.17) is 9.15 Å². The van der Waals surface area contributed by atoms with E-state index in [9.17, 15) is 22.7 Å². The molecule has 1 N–H and O–H groups in total. The molecule has 200 valence electrons. The van der Waals surface area contributed by atoms with Crippen molar-refractivity contribution in [3.8, 4) is 5.75 Å². The Morgan fingerprint density at radius 3 is 2.68 bits per heavy atom. The Morgan fingerprint density at radius 2 is 1.95 bits per heavy atom. The van der Waals surface area contributed by atoms with E-state index < -0.39 is 17.6 Å². The minimum Gasteiger partial charge on any atom is -0.493 e. The van der Waals surface area contributed by atoms with Crippen molar-refractivity contribution in [1.82, 2.24) is 14.5 Å². The quantitative estimate of drug-likeness (QED) is 0.184. The zero-order valence-corrected chi connectivity index (χ0v) is 20.7. The minimum absolute atomic E-state index is 0.00664. The highest BCUT2D eigenvalue weighted by atomic mass is 19.4. The number of aliphatic hydroxyl groups is 1. The predicted octanol–water partition coefficient (Wildman–Crippen LogP) is 6.25. The number of nitrogens with zero attached hydrogens (tertiary/aromatic N) is 3. The highest BCUT2D eigenvalue weighted by Crippen LogP contribution is 2.30. The van der Waals surface area contributed by atoms with Crippen LogP contribution in [0.4, 0.5) is 17.6 Å². The van der Waals surface area contributed by atoms with Gasteiger partial charge in [-0.25, -0.2) is 14.4 Å². The summed E-state index contributed by atoms with van der Waals surface area (Å²) in [6.45, 7) is 3.14. The number of benzene rings is 2. The van der Waals surface area contributed by atoms with Gasteiger partial charge in [-0.2, -0.15) is 13.2 Å². The van der Waals surface area contributed by atoms with E-state index in [0.717, 1.165) is 41.9 Å². The topological polar surface area (TPSA) is 73.3 Å². The molecule has 4 aromatic rings. The standard InChI is InChI=1S/C28H27F4N3O3/c1-19-15-20(4-9-25(19)37-14-2-12-35-13-11-33-26(35)17-36)3-8-23-18-38-27(34-23)10-6-21-5-7-22(16-24(21)29)28(30,31)32/h4-7,9-11,13,15-16,18,36H,2-3,8,12,14,17H2,1H3/b10-6+. The highest BCUT2D eigenvalue weighted by Gasteiger charge is 2.31. The third-order valence-corrected chi connectivity index (χ3v) is 5.96. The van der Waals surface area contributed by atoms with Gasteiger partial charge < -0.3 is 18.8 Å². The van der Waals surface area contributed by atoms with Gasteiger partial charge in [0.25, 0.3) is 0 Å². The number of oxazole rings is 1. The average molecular weight is 530 g/mol. The van der Waals surface area contributed by atoms with Crippen LogP contribution in [0, 0.1) is 12.7 Å². The molecule has 2 heterocycles. The number of imidazole rings is 1. The van der Waals surface area contributed by atoms with Gasteiger partial charge in [-0.15, -0.1) is 0 Å². The monoisotopic (exact) mass is 529 g/mol. The molecule has 0 saturated heterocycles. The summed E-state index contributed by atoms with van der Waals surface area (Å²) in [5, 5.41) is 9.26. The molecule has 0 bridgehead atoms. The normalized spacial score (nSPS) is 11.9. The van der Waals surface area contributed by atoms with Crippen LogP contribution in [0.5, 0.6) is 5.75 Å². The van der Waals surface area contributed by atoms with E-state index in [1.54, 1.807) is 6.20 Å². The lowest BCUT2D eigenvalue weighted by Gasteiger charge is -2.11. The van der Waals surface area contributed by atoms with Crippen molar-refractivity contribution in [1.29, 1.82) is 0 Å². The van der Waals surface area contributed by atoms with Crippen LogP contribution in [-0.4, -0.2) is 26.2 Å². The number of halogens is 4. The number of ether oxygens (including phenoxy) is 1. The Hall–Kier alpha value is -3.92. The first kappa shape index (κ1) is 27.1. The van der Waals surface area contributed by atoms with Gasteiger partial charge >= 0.3 is 6.18 Å². The second kappa shape index (κ2) is 12.1. The largest absolute Gasteiger partial charge is 0.493 e. The molecule has 0 unspecified atom stereocenters. The third kappa shape index (κ3) is 7.10. The summed E-state index contributed by atoms with van der Waals surface area (Å²) >= 11 is 0. The zero-order chi connectivity index (χ0) is 27.1. The second-order valence-corrected chi connectivity index (χ2v) is 8.74. The van der Waals surface area contributed by atoms with E-state index >= 15 is 0 Å². The minimum atomic E-state index is -4.60. The zero-order valence-electron chi connectivity index (χ0n) is 20.7. The first-order valence-corrected chi connectivity index (χ1v) is 12.1. The van der Waals surface area contributed by atoms with Crippen molar-refractivity contribution in [2.24, 2.45) is 0 Å². The molecule has 0 saturated carbocycles. The second-order valence-electron chi connectivity index (χ2n) is 8.74. The van der Waals surface area contributed by atoms with Gasteiger partial charge in [-0.05, 0) is 61.6 Å². The van der Waals surface area contributed by atoms with Crippen LogP contribution in [0.15, 0.2) is 59.5 Å². The summed E-state index contributed by atoms with van der Waals surface area (Å²) < 4.78 is 65.3. The van der Waals surface area contributed by atoms with Crippen LogP contribution in [0.1, 0.15) is 46.1 Å². The molecule has 0 spiro atoms. The molecule has 38 heavy (non-hydrogen) atoms. The molecular weight excluding hydrogens is 502 g/mol. The fraction of sp³-hybridized carbons (Fsp3) is 0.286. The number of hydrogen-bond acceptors (Lipinski definition) is 5. The van der Waals surface area contributed by atoms with Crippen LogP contribution in [0.25, 0.3) is 12.2 Å². The van der Waals surface area contributed by atoms with Gasteiger partial charge in [-0.1, -0.05) is 18.2 Å². The number of aromatic nitrogens is 3. The Labute approximate surface area is 217 Å². The first-order chi connectivity index (χ1) is 18.2. The van der Waals surface area contributed by atoms with E-state index in [-0.39, 0.29) is 18.1 Å². The fourth-order valence-corrected chi connectivity index (χ4v) is 3.93. The van der Waals surface area contributed by atoms with Crippen molar-refractivity contribution in [3.05, 3.63) is 101 Å². The molecule has 0 fully saturated rings. The lowest BCUT2D eigenvalue weighted by Crippen LogP contribution is -2.07. The maximum Gasteiger partial charge on any atom is 0.416 e. The van der Waals surface area contributed by atoms with Gasteiger partial charge in [0.05, 0.1) is 17.9 Å². The van der Waals surface area contributed by atoms with Gasteiger partial charge in [0.15, 0.2) is 0 Å². The predicted molar refractivity (Wildman–Crippen MR) is 134 cm³/mol. The molecule has 0 amide bonds. The Balaban J connectivity index is 1.26. The first-order valence-electron chi connectivity index (χ1n) is 12.1. The van der Waals surface area contributed by atoms with Crippen LogP contribution in [-0.2, 0) is 32.2 Å². The van der Waals surface area contributed by atoms with Crippen molar-refractivity contribution in [3.63, 3.8) is 0 Å². The lowest BCUT2D eigenvalue weighted by atomic mass is 10.1. The van der Waals surface area contributed by atoms with Crippen molar-refractivity contribution in [2.45, 2.75) is 45.5 Å². The Kier molecular flexibility index (Phi) is 8.62. The molecule has 0 aliphatic carbocycles. The molecule has 0 aliphatic rings. The number of hydrogen-bond donors (Lipinski definition) is 1. The van der Waals surface area contributed by atoms with Crippen molar-refractivity contribution < 1.29 is 31.8 Å². The van der Waals surface area contributed by atoms with E-state index in [2.05, 4.69) is 16.0 Å². The highest BCUT2D eigenvalue weighted by molar-refractivity contribution is 5.66. The van der Waals surface area contributed by atoms with Gasteiger partial charge in [0, 0.05) is 30.6 Å². The van der Waals surface area contributed by atoms with E-state index in [1.807, 2.05) is 29.8 Å². The Bertz CT molecular complexity index is 1390. The average Bonchev–Trinajstić information content (AvgIpc) is 3.54. The molecule has 2 aromatic carbocycles. The summed E-state index contributed by atoms with van der Waals surface area (Å²) in [4.78, 5) is 8.43. The van der Waals surface area contributed by atoms with E-state index in [1.165, 1.54) is 18.4 Å². The van der Waals surface area contributed by atoms with Crippen molar-refractivity contribution >= 4 is 12.2 Å². The number of alkyl halides is 3. The maximum atomic E-state index is 14.0. The van der Waals surface area contributed by atoms with Crippen LogP contribution >= 0.6 is 0 Å².